The van der Waals surface area contributed by atoms with Gasteiger partial charge in [0.2, 0.25) is 11.8 Å². The van der Waals surface area contributed by atoms with E-state index >= 15 is 0 Å². The number of rotatable bonds is 8. The predicted octanol–water partition coefficient (Wildman–Crippen LogP) is 5.61. The number of carbonyl (C=O) groups excluding carboxylic acids is 2. The minimum Gasteiger partial charge on any atom is -0.507 e. The second kappa shape index (κ2) is 10.8. The number of likely N-dealkylation sites (tertiary alicyclic amines) is 1. The molecule has 0 saturated carbocycles. The largest absolute Gasteiger partial charge is 0.507 e. The van der Waals surface area contributed by atoms with Crippen molar-refractivity contribution in [3.63, 3.8) is 0 Å². The molecule has 0 bridgehead atoms. The number of allylic oxidation sites excluding steroid dienone is 1. The number of amides is 2. The SMILES string of the molecule is CC/C(=C\c1cc(C)c(O)c(C)c1)CC[C@H]1OC[C@H]2C1=C(COc1ccccc1)C[C@H]1C(=O)N(C)C(=O)[C@H]12. The van der Waals surface area contributed by atoms with Gasteiger partial charge in [-0.2, -0.15) is 0 Å². The molecule has 2 amide bonds. The van der Waals surface area contributed by atoms with Crippen molar-refractivity contribution in [3.8, 4) is 11.5 Å². The average Bonchev–Trinajstić information content (AvgIpc) is 3.43. The minimum atomic E-state index is -0.336. The van der Waals surface area contributed by atoms with E-state index in [1.807, 2.05) is 56.3 Å². The molecule has 1 aliphatic carbocycles. The first kappa shape index (κ1) is 26.2. The lowest BCUT2D eigenvalue weighted by Crippen LogP contribution is -2.35. The summed E-state index contributed by atoms with van der Waals surface area (Å²) in [7, 11) is 1.60. The van der Waals surface area contributed by atoms with Crippen LogP contribution in [0.15, 0.2) is 59.2 Å². The van der Waals surface area contributed by atoms with Crippen molar-refractivity contribution in [2.75, 3.05) is 20.3 Å². The van der Waals surface area contributed by atoms with Crippen LogP contribution in [-0.4, -0.2) is 48.2 Å². The summed E-state index contributed by atoms with van der Waals surface area (Å²) in [4.78, 5) is 27.3. The number of benzene rings is 2. The number of aryl methyl sites for hydroxylation is 2. The maximum atomic E-state index is 13.0. The van der Waals surface area contributed by atoms with Gasteiger partial charge in [-0.15, -0.1) is 0 Å². The summed E-state index contributed by atoms with van der Waals surface area (Å²) in [5.74, 6) is 0.228. The molecule has 0 radical (unpaired) electrons. The molecule has 1 N–H and O–H groups in total. The van der Waals surface area contributed by atoms with E-state index in [4.69, 9.17) is 9.47 Å². The van der Waals surface area contributed by atoms with Gasteiger partial charge in [-0.3, -0.25) is 14.5 Å². The third-order valence-electron chi connectivity index (χ3n) is 8.45. The summed E-state index contributed by atoms with van der Waals surface area (Å²) in [5.41, 5.74) is 6.43. The monoisotopic (exact) mass is 515 g/mol. The number of aromatic hydroxyl groups is 1. The van der Waals surface area contributed by atoms with Crippen molar-refractivity contribution in [3.05, 3.63) is 75.9 Å². The number of carbonyl (C=O) groups is 2. The fourth-order valence-electron chi connectivity index (χ4n) is 6.43. The molecular weight excluding hydrogens is 478 g/mol. The molecule has 0 spiro atoms. The van der Waals surface area contributed by atoms with Crippen molar-refractivity contribution in [2.24, 2.45) is 17.8 Å². The van der Waals surface area contributed by atoms with Gasteiger partial charge >= 0.3 is 0 Å². The van der Waals surface area contributed by atoms with E-state index in [1.165, 1.54) is 16.0 Å². The summed E-state index contributed by atoms with van der Waals surface area (Å²) in [6, 6.07) is 13.7. The van der Waals surface area contributed by atoms with E-state index in [0.29, 0.717) is 25.4 Å². The van der Waals surface area contributed by atoms with Crippen molar-refractivity contribution < 1.29 is 24.2 Å². The standard InChI is InChI=1S/C32H37NO5/c1-5-21(15-22-13-19(2)30(34)20(3)14-22)11-12-27-28-23(17-37-24-9-7-6-8-10-24)16-25-29(26(28)18-38-27)32(36)33(4)31(25)35/h6-10,13-15,25-27,29,34H,5,11-12,16-18H2,1-4H3/b21-15+/t25-,26+,27-,29-/m1/s1. The third kappa shape index (κ3) is 4.90. The van der Waals surface area contributed by atoms with Gasteiger partial charge in [-0.1, -0.05) is 36.8 Å². The van der Waals surface area contributed by atoms with Crippen LogP contribution in [0, 0.1) is 31.6 Å². The van der Waals surface area contributed by atoms with Crippen LogP contribution in [0.25, 0.3) is 6.08 Å². The van der Waals surface area contributed by atoms with Crippen LogP contribution in [0.4, 0.5) is 0 Å². The fourth-order valence-corrected chi connectivity index (χ4v) is 6.43. The number of hydrogen-bond donors (Lipinski definition) is 1. The van der Waals surface area contributed by atoms with Gasteiger partial charge in [0.15, 0.2) is 0 Å². The molecule has 2 saturated heterocycles. The molecule has 6 heteroatoms. The van der Waals surface area contributed by atoms with Crippen LogP contribution in [0.1, 0.15) is 49.3 Å². The predicted molar refractivity (Wildman–Crippen MR) is 147 cm³/mol. The Labute approximate surface area is 224 Å². The van der Waals surface area contributed by atoms with Crippen LogP contribution in [0.3, 0.4) is 0 Å². The molecule has 4 atom stereocenters. The maximum Gasteiger partial charge on any atom is 0.233 e. The highest BCUT2D eigenvalue weighted by Gasteiger charge is 2.56. The molecule has 5 rings (SSSR count). The average molecular weight is 516 g/mol. The van der Waals surface area contributed by atoms with Gasteiger partial charge < -0.3 is 14.6 Å². The molecule has 2 heterocycles. The Hall–Kier alpha value is -3.38. The van der Waals surface area contributed by atoms with Gasteiger partial charge in [0.05, 0.1) is 24.5 Å². The molecule has 2 aromatic rings. The Kier molecular flexibility index (Phi) is 7.44. The van der Waals surface area contributed by atoms with Gasteiger partial charge in [-0.25, -0.2) is 0 Å². The summed E-state index contributed by atoms with van der Waals surface area (Å²) < 4.78 is 12.5. The zero-order valence-electron chi connectivity index (χ0n) is 22.7. The third-order valence-corrected chi connectivity index (χ3v) is 8.45. The van der Waals surface area contributed by atoms with Crippen molar-refractivity contribution in [2.45, 2.75) is 52.6 Å². The second-order valence-electron chi connectivity index (χ2n) is 10.9. The quantitative estimate of drug-likeness (QED) is 0.365. The van der Waals surface area contributed by atoms with E-state index in [2.05, 4.69) is 13.0 Å². The first-order chi connectivity index (χ1) is 18.3. The molecule has 200 valence electrons. The molecular formula is C32H37NO5. The van der Waals surface area contributed by atoms with Crippen LogP contribution in [-0.2, 0) is 14.3 Å². The van der Waals surface area contributed by atoms with E-state index < -0.39 is 0 Å². The Morgan fingerprint density at radius 3 is 2.50 bits per heavy atom. The van der Waals surface area contributed by atoms with Crippen molar-refractivity contribution >= 4 is 17.9 Å². The number of hydrogen-bond acceptors (Lipinski definition) is 5. The summed E-state index contributed by atoms with van der Waals surface area (Å²) in [6.45, 7) is 6.86. The normalized spacial score (nSPS) is 25.2. The Morgan fingerprint density at radius 1 is 1.11 bits per heavy atom. The number of phenolic OH excluding ortho intramolecular Hbond substituents is 1. The summed E-state index contributed by atoms with van der Waals surface area (Å²) in [5, 5.41) is 10.1. The lowest BCUT2D eigenvalue weighted by Gasteiger charge is -2.31. The number of nitrogens with zero attached hydrogens (tertiary/aromatic N) is 1. The summed E-state index contributed by atoms with van der Waals surface area (Å²) >= 11 is 0. The second-order valence-corrected chi connectivity index (χ2v) is 10.9. The van der Waals surface area contributed by atoms with E-state index in [9.17, 15) is 14.7 Å². The highest BCUT2D eigenvalue weighted by molar-refractivity contribution is 6.05. The number of phenols is 1. The highest BCUT2D eigenvalue weighted by atomic mass is 16.5. The van der Waals surface area contributed by atoms with Crippen LogP contribution < -0.4 is 4.74 Å². The van der Waals surface area contributed by atoms with Crippen molar-refractivity contribution in [1.29, 1.82) is 0 Å². The Bertz CT molecular complexity index is 1270. The Morgan fingerprint density at radius 2 is 1.82 bits per heavy atom. The zero-order chi connectivity index (χ0) is 27.0. The Balaban J connectivity index is 1.39. The summed E-state index contributed by atoms with van der Waals surface area (Å²) in [6.07, 6.45) is 5.25. The lowest BCUT2D eigenvalue weighted by molar-refractivity contribution is -0.138. The van der Waals surface area contributed by atoms with Gasteiger partial charge in [0.25, 0.3) is 0 Å². The number of imide groups is 1. The van der Waals surface area contributed by atoms with E-state index in [1.54, 1.807) is 7.05 Å². The van der Waals surface area contributed by atoms with E-state index in [0.717, 1.165) is 47.3 Å². The van der Waals surface area contributed by atoms with Gasteiger partial charge in [0, 0.05) is 13.0 Å². The maximum absolute atomic E-state index is 13.0. The van der Waals surface area contributed by atoms with Crippen LogP contribution >= 0.6 is 0 Å². The number of fused-ring (bicyclic) bond motifs is 3. The zero-order valence-corrected chi connectivity index (χ0v) is 22.7. The van der Waals surface area contributed by atoms with Crippen LogP contribution in [0.2, 0.25) is 0 Å². The molecule has 0 unspecified atom stereocenters. The molecule has 3 aliphatic rings. The molecule has 2 fully saturated rings. The lowest BCUT2D eigenvalue weighted by atomic mass is 9.69. The van der Waals surface area contributed by atoms with Gasteiger partial charge in [0.1, 0.15) is 18.1 Å². The number of para-hydroxylation sites is 1. The molecule has 2 aliphatic heterocycles. The van der Waals surface area contributed by atoms with E-state index in [-0.39, 0.29) is 35.7 Å². The first-order valence-electron chi connectivity index (χ1n) is 13.6. The molecule has 2 aromatic carbocycles. The van der Waals surface area contributed by atoms with Crippen molar-refractivity contribution in [1.82, 2.24) is 4.90 Å². The topological polar surface area (TPSA) is 76.1 Å². The van der Waals surface area contributed by atoms with Gasteiger partial charge in [-0.05, 0) is 91.6 Å². The van der Waals surface area contributed by atoms with Crippen LogP contribution in [0.5, 0.6) is 11.5 Å². The first-order valence-corrected chi connectivity index (χ1v) is 13.6. The number of ether oxygens (including phenoxy) is 2. The smallest absolute Gasteiger partial charge is 0.233 e. The highest BCUT2D eigenvalue weighted by Crippen LogP contribution is 2.49. The molecule has 0 aromatic heterocycles. The fraction of sp³-hybridized carbons (Fsp3) is 0.438. The minimum absolute atomic E-state index is 0.0778. The molecule has 6 nitrogen and oxygen atoms in total. The molecule has 38 heavy (non-hydrogen) atoms.